The zero-order chi connectivity index (χ0) is 13.3. The largest absolute Gasteiger partial charge is 0.398 e. The molecule has 2 N–H and O–H groups in total. The molecule has 0 radical (unpaired) electrons. The number of nitrogen functional groups attached to an aromatic ring is 1. The fourth-order valence-electron chi connectivity index (χ4n) is 1.89. The Morgan fingerprint density at radius 2 is 2.06 bits per heavy atom. The van der Waals surface area contributed by atoms with Gasteiger partial charge in [-0.25, -0.2) is 0 Å². The Bertz CT molecular complexity index is 604. The lowest BCUT2D eigenvalue weighted by molar-refractivity contribution is 0.676. The van der Waals surface area contributed by atoms with Gasteiger partial charge >= 0.3 is 0 Å². The third-order valence-electron chi connectivity index (χ3n) is 2.79. The molecular weight excluding hydrogens is 246 g/mol. The maximum absolute atomic E-state index is 12.3. The first kappa shape index (κ1) is 12.8. The van der Waals surface area contributed by atoms with Crippen molar-refractivity contribution in [1.29, 1.82) is 0 Å². The molecule has 0 amide bonds. The molecule has 5 heteroatoms. The van der Waals surface area contributed by atoms with Gasteiger partial charge in [-0.15, -0.1) is 0 Å². The highest BCUT2D eigenvalue weighted by molar-refractivity contribution is 7.84. The van der Waals surface area contributed by atoms with Crippen LogP contribution in [0.4, 0.5) is 5.69 Å². The molecule has 0 aliphatic heterocycles. The van der Waals surface area contributed by atoms with Gasteiger partial charge in [-0.05, 0) is 37.6 Å². The lowest BCUT2D eigenvalue weighted by atomic mass is 10.2. The van der Waals surface area contributed by atoms with Crippen molar-refractivity contribution in [3.63, 3.8) is 0 Å². The van der Waals surface area contributed by atoms with Crippen molar-refractivity contribution < 1.29 is 4.21 Å². The van der Waals surface area contributed by atoms with Crippen LogP contribution < -0.4 is 5.73 Å². The van der Waals surface area contributed by atoms with E-state index in [9.17, 15) is 4.21 Å². The van der Waals surface area contributed by atoms with Crippen LogP contribution in [0.3, 0.4) is 0 Å². The summed E-state index contributed by atoms with van der Waals surface area (Å²) in [6.45, 7) is 3.89. The van der Waals surface area contributed by atoms with E-state index in [1.54, 1.807) is 4.68 Å². The molecular formula is C13H17N3OS. The molecule has 0 aliphatic carbocycles. The molecule has 96 valence electrons. The molecule has 1 heterocycles. The standard InChI is InChI=1S/C13H17N3OS/c1-9-4-5-13(12(14)6-9)18(17)8-11-7-10(2)15-16(11)3/h4-7H,8,14H2,1-3H3. The van der Waals surface area contributed by atoms with Gasteiger partial charge in [-0.2, -0.15) is 5.10 Å². The minimum Gasteiger partial charge on any atom is -0.398 e. The fourth-order valence-corrected chi connectivity index (χ4v) is 3.12. The van der Waals surface area contributed by atoms with Crippen LogP contribution in [0.2, 0.25) is 0 Å². The number of rotatable bonds is 3. The zero-order valence-corrected chi connectivity index (χ0v) is 11.6. The number of nitrogens with zero attached hydrogens (tertiary/aromatic N) is 2. The third-order valence-corrected chi connectivity index (χ3v) is 4.21. The second kappa shape index (κ2) is 4.94. The van der Waals surface area contributed by atoms with Gasteiger partial charge in [0.2, 0.25) is 0 Å². The monoisotopic (exact) mass is 263 g/mol. The Labute approximate surface area is 109 Å². The number of hydrogen-bond acceptors (Lipinski definition) is 3. The number of benzene rings is 1. The SMILES string of the molecule is Cc1ccc(S(=O)Cc2cc(C)nn2C)c(N)c1. The Morgan fingerprint density at radius 1 is 1.33 bits per heavy atom. The average Bonchev–Trinajstić information content (AvgIpc) is 2.57. The third kappa shape index (κ3) is 2.61. The highest BCUT2D eigenvalue weighted by atomic mass is 32.2. The number of hydrogen-bond donors (Lipinski definition) is 1. The molecule has 4 nitrogen and oxygen atoms in total. The van der Waals surface area contributed by atoms with Crippen LogP contribution in [-0.4, -0.2) is 14.0 Å². The van der Waals surface area contributed by atoms with E-state index in [0.29, 0.717) is 16.3 Å². The highest BCUT2D eigenvalue weighted by Crippen LogP contribution is 2.20. The summed E-state index contributed by atoms with van der Waals surface area (Å²) in [6, 6.07) is 7.56. The van der Waals surface area contributed by atoms with Crippen molar-refractivity contribution in [1.82, 2.24) is 9.78 Å². The van der Waals surface area contributed by atoms with Crippen molar-refractivity contribution in [2.75, 3.05) is 5.73 Å². The number of aryl methyl sites for hydroxylation is 3. The van der Waals surface area contributed by atoms with E-state index < -0.39 is 10.8 Å². The van der Waals surface area contributed by atoms with E-state index in [0.717, 1.165) is 17.0 Å². The summed E-state index contributed by atoms with van der Waals surface area (Å²) in [5.74, 6) is 0.435. The maximum atomic E-state index is 12.3. The van der Waals surface area contributed by atoms with Gasteiger partial charge in [-0.3, -0.25) is 8.89 Å². The van der Waals surface area contributed by atoms with Crippen molar-refractivity contribution in [3.05, 3.63) is 41.2 Å². The highest BCUT2D eigenvalue weighted by Gasteiger charge is 2.11. The first-order valence-electron chi connectivity index (χ1n) is 5.71. The Balaban J connectivity index is 2.24. The lowest BCUT2D eigenvalue weighted by Crippen LogP contribution is -2.05. The van der Waals surface area contributed by atoms with E-state index in [4.69, 9.17) is 5.73 Å². The van der Waals surface area contributed by atoms with Crippen molar-refractivity contribution >= 4 is 16.5 Å². The predicted molar refractivity (Wildman–Crippen MR) is 73.6 cm³/mol. The molecule has 1 atom stereocenters. The van der Waals surface area contributed by atoms with Crippen LogP contribution in [0.5, 0.6) is 0 Å². The van der Waals surface area contributed by atoms with Crippen LogP contribution in [0.25, 0.3) is 0 Å². The first-order valence-corrected chi connectivity index (χ1v) is 7.03. The smallest absolute Gasteiger partial charge is 0.0703 e. The second-order valence-corrected chi connectivity index (χ2v) is 5.85. The van der Waals surface area contributed by atoms with Gasteiger partial charge in [0, 0.05) is 12.7 Å². The van der Waals surface area contributed by atoms with Crippen LogP contribution in [0, 0.1) is 13.8 Å². The second-order valence-electron chi connectivity index (χ2n) is 4.43. The quantitative estimate of drug-likeness (QED) is 0.861. The molecule has 1 aromatic heterocycles. The van der Waals surface area contributed by atoms with Gasteiger partial charge in [0.1, 0.15) is 0 Å². The molecule has 0 aliphatic rings. The molecule has 0 saturated heterocycles. The Hall–Kier alpha value is -1.62. The molecule has 0 fully saturated rings. The fraction of sp³-hybridized carbons (Fsp3) is 0.308. The van der Waals surface area contributed by atoms with Gasteiger partial charge in [0.15, 0.2) is 0 Å². The van der Waals surface area contributed by atoms with Gasteiger partial charge in [0.25, 0.3) is 0 Å². The predicted octanol–water partition coefficient (Wildman–Crippen LogP) is 1.93. The topological polar surface area (TPSA) is 60.9 Å². The van der Waals surface area contributed by atoms with E-state index in [1.165, 1.54) is 0 Å². The van der Waals surface area contributed by atoms with Crippen LogP contribution >= 0.6 is 0 Å². The normalized spacial score (nSPS) is 12.6. The van der Waals surface area contributed by atoms with E-state index in [-0.39, 0.29) is 0 Å². The summed E-state index contributed by atoms with van der Waals surface area (Å²) in [5, 5.41) is 4.25. The van der Waals surface area contributed by atoms with E-state index in [1.807, 2.05) is 45.2 Å². The van der Waals surface area contributed by atoms with Crippen molar-refractivity contribution in [3.8, 4) is 0 Å². The summed E-state index contributed by atoms with van der Waals surface area (Å²) in [6.07, 6.45) is 0. The lowest BCUT2D eigenvalue weighted by Gasteiger charge is -2.07. The van der Waals surface area contributed by atoms with Crippen LogP contribution in [0.1, 0.15) is 17.0 Å². The molecule has 1 aromatic carbocycles. The molecule has 2 rings (SSSR count). The van der Waals surface area contributed by atoms with Gasteiger partial charge in [0.05, 0.1) is 32.8 Å². The number of nitrogens with two attached hydrogens (primary N) is 1. The average molecular weight is 263 g/mol. The first-order chi connectivity index (χ1) is 8.47. The molecule has 0 saturated carbocycles. The van der Waals surface area contributed by atoms with Gasteiger partial charge < -0.3 is 5.73 Å². The maximum Gasteiger partial charge on any atom is 0.0703 e. The van der Waals surface area contributed by atoms with E-state index in [2.05, 4.69) is 5.10 Å². The summed E-state index contributed by atoms with van der Waals surface area (Å²) in [5.41, 5.74) is 9.45. The summed E-state index contributed by atoms with van der Waals surface area (Å²) < 4.78 is 14.1. The van der Waals surface area contributed by atoms with Gasteiger partial charge in [-0.1, -0.05) is 6.07 Å². The summed E-state index contributed by atoms with van der Waals surface area (Å²) >= 11 is 0. The zero-order valence-electron chi connectivity index (χ0n) is 10.8. The molecule has 18 heavy (non-hydrogen) atoms. The van der Waals surface area contributed by atoms with Crippen molar-refractivity contribution in [2.45, 2.75) is 24.5 Å². The number of aromatic nitrogens is 2. The van der Waals surface area contributed by atoms with Crippen LogP contribution in [-0.2, 0) is 23.6 Å². The van der Waals surface area contributed by atoms with Crippen LogP contribution in [0.15, 0.2) is 29.2 Å². The molecule has 2 aromatic rings. The molecule has 0 spiro atoms. The number of anilines is 1. The summed E-state index contributed by atoms with van der Waals surface area (Å²) in [4.78, 5) is 0.694. The Morgan fingerprint density at radius 3 is 2.61 bits per heavy atom. The molecule has 1 unspecified atom stereocenters. The van der Waals surface area contributed by atoms with E-state index >= 15 is 0 Å². The minimum atomic E-state index is -1.14. The van der Waals surface area contributed by atoms with Crippen molar-refractivity contribution in [2.24, 2.45) is 7.05 Å². The Kier molecular flexibility index (Phi) is 3.52. The molecule has 0 bridgehead atoms. The summed E-state index contributed by atoms with van der Waals surface area (Å²) in [7, 11) is 0.722. The minimum absolute atomic E-state index is 0.435.